The molecule has 0 radical (unpaired) electrons. The van der Waals surface area contributed by atoms with Crippen LogP contribution in [0.2, 0.25) is 0 Å². The normalized spacial score (nSPS) is 10.9. The van der Waals surface area contributed by atoms with E-state index in [0.717, 1.165) is 5.82 Å². The molecule has 1 unspecified atom stereocenters. The minimum Gasteiger partial charge on any atom is -0.370 e. The molecule has 0 aliphatic heterocycles. The molecule has 50 valence electrons. The summed E-state index contributed by atoms with van der Waals surface area (Å²) in [5.41, 5.74) is 0. The molecule has 4 nitrogen and oxygen atoms in total. The lowest BCUT2D eigenvalue weighted by atomic mass is 10.8. The molecule has 0 aliphatic rings. The Balaban J connectivity index is 2.74. The quantitative estimate of drug-likeness (QED) is 0.610. The molecular formula is C4H9N4P. The van der Waals surface area contributed by atoms with Crippen LogP contribution in [0.3, 0.4) is 0 Å². The lowest BCUT2D eigenvalue weighted by Crippen LogP contribution is -1.85. The van der Waals surface area contributed by atoms with Crippen LogP contribution in [0.25, 0.3) is 0 Å². The summed E-state index contributed by atoms with van der Waals surface area (Å²) < 4.78 is 1.80. The van der Waals surface area contributed by atoms with E-state index in [1.165, 1.54) is 0 Å². The summed E-state index contributed by atoms with van der Waals surface area (Å²) >= 11 is 0. The Morgan fingerprint density at radius 2 is 2.56 bits per heavy atom. The summed E-state index contributed by atoms with van der Waals surface area (Å²) in [4.78, 5) is 0. The highest BCUT2D eigenvalue weighted by molar-refractivity contribution is 7.35. The number of anilines is 1. The highest BCUT2D eigenvalue weighted by atomic mass is 31.1. The lowest BCUT2D eigenvalue weighted by Gasteiger charge is -1.87. The molecule has 1 atom stereocenters. The summed E-state index contributed by atoms with van der Waals surface area (Å²) in [5, 5.41) is 10.5. The number of hydrogen-bond acceptors (Lipinski definition) is 3. The summed E-state index contributed by atoms with van der Waals surface area (Å²) in [6.07, 6.45) is 1.87. The molecule has 0 amide bonds. The fourth-order valence-corrected chi connectivity index (χ4v) is 0.873. The first-order chi connectivity index (χ1) is 4.36. The van der Waals surface area contributed by atoms with Gasteiger partial charge in [-0.05, 0) is 6.66 Å². The molecule has 5 heteroatoms. The van der Waals surface area contributed by atoms with Crippen LogP contribution in [0.1, 0.15) is 0 Å². The van der Waals surface area contributed by atoms with Crippen LogP contribution in [-0.2, 0) is 0 Å². The van der Waals surface area contributed by atoms with E-state index in [1.807, 2.05) is 19.9 Å². The van der Waals surface area contributed by atoms with Gasteiger partial charge < -0.3 is 5.32 Å². The molecule has 1 aromatic rings. The zero-order valence-electron chi connectivity index (χ0n) is 5.42. The van der Waals surface area contributed by atoms with Crippen molar-refractivity contribution in [2.24, 2.45) is 0 Å². The third-order valence-electron chi connectivity index (χ3n) is 0.979. The molecule has 0 spiro atoms. The Hall–Kier alpha value is -0.630. The van der Waals surface area contributed by atoms with Gasteiger partial charge in [-0.25, -0.2) is 4.45 Å². The van der Waals surface area contributed by atoms with Gasteiger partial charge in [0.15, 0.2) is 5.82 Å². The van der Waals surface area contributed by atoms with Crippen LogP contribution >= 0.6 is 8.73 Å². The van der Waals surface area contributed by atoms with Gasteiger partial charge in [-0.1, -0.05) is 5.21 Å². The number of nitrogens with zero attached hydrogens (tertiary/aromatic N) is 3. The molecule has 0 saturated heterocycles. The van der Waals surface area contributed by atoms with Gasteiger partial charge in [-0.2, -0.15) is 0 Å². The third kappa shape index (κ3) is 1.39. The summed E-state index contributed by atoms with van der Waals surface area (Å²) in [6.45, 7) is 2.05. The van der Waals surface area contributed by atoms with E-state index in [2.05, 4.69) is 15.6 Å². The van der Waals surface area contributed by atoms with Crippen LogP contribution < -0.4 is 5.32 Å². The molecule has 1 aromatic heterocycles. The largest absolute Gasteiger partial charge is 0.370 e. The predicted octanol–water partition coefficient (Wildman–Crippen LogP) is 0.391. The molecule has 1 rings (SSSR count). The molecule has 0 bridgehead atoms. The second-order valence-electron chi connectivity index (χ2n) is 1.52. The van der Waals surface area contributed by atoms with Crippen LogP contribution in [0.15, 0.2) is 6.20 Å². The van der Waals surface area contributed by atoms with Gasteiger partial charge in [0.2, 0.25) is 0 Å². The van der Waals surface area contributed by atoms with Crippen molar-refractivity contribution < 1.29 is 0 Å². The van der Waals surface area contributed by atoms with E-state index in [0.29, 0.717) is 8.73 Å². The van der Waals surface area contributed by atoms with Crippen molar-refractivity contribution in [3.8, 4) is 0 Å². The van der Waals surface area contributed by atoms with E-state index in [4.69, 9.17) is 0 Å². The summed E-state index contributed by atoms with van der Waals surface area (Å²) in [6, 6.07) is 0. The SMILES string of the molecule is CNc1cn(PC)nn1. The highest BCUT2D eigenvalue weighted by Gasteiger charge is 1.92. The Labute approximate surface area is 55.5 Å². The first kappa shape index (κ1) is 6.49. The monoisotopic (exact) mass is 144 g/mol. The minimum atomic E-state index is 0.657. The topological polar surface area (TPSA) is 42.7 Å². The van der Waals surface area contributed by atoms with E-state index < -0.39 is 0 Å². The Morgan fingerprint density at radius 3 is 2.89 bits per heavy atom. The van der Waals surface area contributed by atoms with Crippen molar-refractivity contribution in [3.05, 3.63) is 6.20 Å². The standard InChI is InChI=1S/C4H9N4P/c1-5-4-3-8(9-2)7-6-4/h3,5,9H,1-2H3. The highest BCUT2D eigenvalue weighted by Crippen LogP contribution is 2.08. The lowest BCUT2D eigenvalue weighted by molar-refractivity contribution is 0.887. The molecule has 0 aliphatic carbocycles. The molecule has 0 saturated carbocycles. The maximum atomic E-state index is 3.82. The van der Waals surface area contributed by atoms with Crippen molar-refractivity contribution in [2.45, 2.75) is 0 Å². The number of rotatable bonds is 2. The number of nitrogens with one attached hydrogen (secondary N) is 1. The molecule has 0 aromatic carbocycles. The van der Waals surface area contributed by atoms with Gasteiger partial charge in [0.05, 0.1) is 6.20 Å². The van der Waals surface area contributed by atoms with Crippen LogP contribution in [0.4, 0.5) is 5.82 Å². The second kappa shape index (κ2) is 2.78. The van der Waals surface area contributed by atoms with E-state index in [1.54, 1.807) is 4.45 Å². The van der Waals surface area contributed by atoms with Crippen molar-refractivity contribution in [3.63, 3.8) is 0 Å². The van der Waals surface area contributed by atoms with Crippen LogP contribution in [0, 0.1) is 0 Å². The Morgan fingerprint density at radius 1 is 1.78 bits per heavy atom. The second-order valence-corrected chi connectivity index (χ2v) is 2.43. The number of hydrogen-bond donors (Lipinski definition) is 1. The van der Waals surface area contributed by atoms with Crippen molar-refractivity contribution in [2.75, 3.05) is 19.0 Å². The van der Waals surface area contributed by atoms with Gasteiger partial charge in [0, 0.05) is 15.8 Å². The molecule has 1 N–H and O–H groups in total. The minimum absolute atomic E-state index is 0.657. The van der Waals surface area contributed by atoms with Crippen LogP contribution in [0.5, 0.6) is 0 Å². The fourth-order valence-electron chi connectivity index (χ4n) is 0.488. The molecule has 0 fully saturated rings. The van der Waals surface area contributed by atoms with Gasteiger partial charge in [-0.3, -0.25) is 0 Å². The summed E-state index contributed by atoms with van der Waals surface area (Å²) in [7, 11) is 2.48. The predicted molar refractivity (Wildman–Crippen MR) is 39.2 cm³/mol. The zero-order valence-corrected chi connectivity index (χ0v) is 6.42. The van der Waals surface area contributed by atoms with Gasteiger partial charge >= 0.3 is 0 Å². The van der Waals surface area contributed by atoms with Gasteiger partial charge in [0.1, 0.15) is 0 Å². The first-order valence-electron chi connectivity index (χ1n) is 2.64. The van der Waals surface area contributed by atoms with Gasteiger partial charge in [-0.15, -0.1) is 5.10 Å². The average Bonchev–Trinajstić information content (AvgIpc) is 2.34. The fraction of sp³-hybridized carbons (Fsp3) is 0.500. The van der Waals surface area contributed by atoms with E-state index in [-0.39, 0.29) is 0 Å². The molecular weight excluding hydrogens is 135 g/mol. The number of aromatic nitrogens is 3. The van der Waals surface area contributed by atoms with E-state index in [9.17, 15) is 0 Å². The smallest absolute Gasteiger partial charge is 0.168 e. The van der Waals surface area contributed by atoms with Gasteiger partial charge in [0.25, 0.3) is 0 Å². The van der Waals surface area contributed by atoms with E-state index >= 15 is 0 Å². The Bertz CT molecular complexity index is 166. The van der Waals surface area contributed by atoms with Crippen molar-refractivity contribution in [1.29, 1.82) is 0 Å². The molecule has 9 heavy (non-hydrogen) atoms. The average molecular weight is 144 g/mol. The Kier molecular flexibility index (Phi) is 2.01. The maximum absolute atomic E-state index is 3.82. The van der Waals surface area contributed by atoms with Crippen molar-refractivity contribution >= 4 is 14.5 Å². The first-order valence-corrected chi connectivity index (χ1v) is 4.09. The zero-order chi connectivity index (χ0) is 6.69. The van der Waals surface area contributed by atoms with Crippen molar-refractivity contribution in [1.82, 2.24) is 14.8 Å². The maximum Gasteiger partial charge on any atom is 0.168 e. The van der Waals surface area contributed by atoms with Crippen LogP contribution in [-0.4, -0.2) is 28.5 Å². The summed E-state index contributed by atoms with van der Waals surface area (Å²) in [5.74, 6) is 0.823. The third-order valence-corrected chi connectivity index (χ3v) is 1.66. The molecule has 1 heterocycles.